The van der Waals surface area contributed by atoms with Gasteiger partial charge in [-0.1, -0.05) is 6.07 Å². The van der Waals surface area contributed by atoms with E-state index in [9.17, 15) is 13.2 Å². The van der Waals surface area contributed by atoms with Crippen LogP contribution in [0.4, 0.5) is 5.69 Å². The summed E-state index contributed by atoms with van der Waals surface area (Å²) in [5.41, 5.74) is 2.55. The van der Waals surface area contributed by atoms with Crippen molar-refractivity contribution in [1.29, 1.82) is 0 Å². The number of rotatable bonds is 6. The topological polar surface area (TPSA) is 75.7 Å². The average molecular weight is 354 g/mol. The van der Waals surface area contributed by atoms with Crippen LogP contribution in [0.3, 0.4) is 0 Å². The van der Waals surface area contributed by atoms with Gasteiger partial charge in [0.15, 0.2) is 0 Å². The Morgan fingerprint density at radius 1 is 1.38 bits per heavy atom. The summed E-state index contributed by atoms with van der Waals surface area (Å²) in [6.45, 7) is 6.60. The number of benzene rings is 1. The smallest absolute Gasteiger partial charge is 0.243 e. The van der Waals surface area contributed by atoms with E-state index in [4.69, 9.17) is 4.74 Å². The molecule has 1 aliphatic rings. The van der Waals surface area contributed by atoms with E-state index in [-0.39, 0.29) is 12.0 Å². The number of ether oxygens (including phenoxy) is 1. The zero-order chi connectivity index (χ0) is 17.9. The number of anilines is 1. The number of aryl methyl sites for hydroxylation is 2. The quantitative estimate of drug-likeness (QED) is 0.844. The number of carbonyl (C=O) groups is 1. The molecule has 1 fully saturated rings. The summed E-state index contributed by atoms with van der Waals surface area (Å²) in [7, 11) is -3.59. The zero-order valence-electron chi connectivity index (χ0n) is 14.7. The van der Waals surface area contributed by atoms with E-state index in [1.807, 2.05) is 19.9 Å². The van der Waals surface area contributed by atoms with Gasteiger partial charge in [-0.3, -0.25) is 9.10 Å². The predicted molar refractivity (Wildman–Crippen MR) is 94.7 cm³/mol. The highest BCUT2D eigenvalue weighted by Gasteiger charge is 2.29. The van der Waals surface area contributed by atoms with Gasteiger partial charge in [-0.25, -0.2) is 8.42 Å². The summed E-state index contributed by atoms with van der Waals surface area (Å²) >= 11 is 0. The third-order valence-electron chi connectivity index (χ3n) is 4.36. The summed E-state index contributed by atoms with van der Waals surface area (Å²) in [6, 6.07) is 4.55. The molecule has 0 radical (unpaired) electrons. The van der Waals surface area contributed by atoms with Crippen LogP contribution in [0.2, 0.25) is 0 Å². The minimum absolute atomic E-state index is 0.0226. The molecule has 1 amide bonds. The summed E-state index contributed by atoms with van der Waals surface area (Å²) in [5, 5.41) is 2.80. The van der Waals surface area contributed by atoms with Crippen molar-refractivity contribution in [3.8, 4) is 0 Å². The van der Waals surface area contributed by atoms with Crippen LogP contribution in [0.15, 0.2) is 18.2 Å². The summed E-state index contributed by atoms with van der Waals surface area (Å²) < 4.78 is 31.2. The lowest BCUT2D eigenvalue weighted by molar-refractivity contribution is -0.122. The van der Waals surface area contributed by atoms with Crippen molar-refractivity contribution < 1.29 is 17.9 Å². The maximum atomic E-state index is 12.4. The van der Waals surface area contributed by atoms with Gasteiger partial charge >= 0.3 is 0 Å². The van der Waals surface area contributed by atoms with Crippen molar-refractivity contribution in [2.45, 2.75) is 45.8 Å². The van der Waals surface area contributed by atoms with Crippen LogP contribution in [0.1, 0.15) is 30.9 Å². The Labute approximate surface area is 144 Å². The van der Waals surface area contributed by atoms with Crippen molar-refractivity contribution in [2.75, 3.05) is 23.7 Å². The molecule has 1 N–H and O–H groups in total. The number of nitrogens with one attached hydrogen (secondary N) is 1. The first-order chi connectivity index (χ1) is 11.2. The third-order valence-corrected chi connectivity index (χ3v) is 5.60. The van der Waals surface area contributed by atoms with E-state index in [2.05, 4.69) is 5.32 Å². The predicted octanol–water partition coefficient (Wildman–Crippen LogP) is 1.75. The molecule has 2 atom stereocenters. The van der Waals surface area contributed by atoms with Crippen LogP contribution >= 0.6 is 0 Å². The van der Waals surface area contributed by atoms with Gasteiger partial charge in [0.1, 0.15) is 6.04 Å². The van der Waals surface area contributed by atoms with Gasteiger partial charge in [-0.05, 0) is 56.9 Å². The molecule has 0 aromatic heterocycles. The van der Waals surface area contributed by atoms with Crippen molar-refractivity contribution >= 4 is 21.6 Å². The Balaban J connectivity index is 2.17. The Kier molecular flexibility index (Phi) is 5.87. The van der Waals surface area contributed by atoms with Gasteiger partial charge in [0, 0.05) is 13.2 Å². The molecular formula is C17H26N2O4S. The molecule has 1 aromatic carbocycles. The summed E-state index contributed by atoms with van der Waals surface area (Å²) in [4.78, 5) is 12.4. The second kappa shape index (κ2) is 7.53. The lowest BCUT2D eigenvalue weighted by Gasteiger charge is -2.29. The van der Waals surface area contributed by atoms with Crippen LogP contribution < -0.4 is 9.62 Å². The number of hydrogen-bond acceptors (Lipinski definition) is 4. The second-order valence-corrected chi connectivity index (χ2v) is 8.24. The van der Waals surface area contributed by atoms with Crippen LogP contribution in [-0.2, 0) is 19.6 Å². The largest absolute Gasteiger partial charge is 0.376 e. The fraction of sp³-hybridized carbons (Fsp3) is 0.588. The van der Waals surface area contributed by atoms with E-state index in [1.165, 1.54) is 4.31 Å². The number of hydrogen-bond donors (Lipinski definition) is 1. The van der Waals surface area contributed by atoms with Crippen molar-refractivity contribution in [1.82, 2.24) is 5.32 Å². The van der Waals surface area contributed by atoms with E-state index in [1.54, 1.807) is 19.1 Å². The fourth-order valence-electron chi connectivity index (χ4n) is 2.84. The molecule has 134 valence electrons. The number of amides is 1. The number of nitrogens with zero attached hydrogens (tertiary/aromatic N) is 1. The molecule has 0 aliphatic carbocycles. The maximum absolute atomic E-state index is 12.4. The standard InChI is InChI=1S/C17H26N2O4S/c1-12-7-8-15(10-13(12)2)19(24(4,21)22)14(3)17(20)18-11-16-6-5-9-23-16/h7-8,10,14,16H,5-6,9,11H2,1-4H3,(H,18,20)/t14-,16+/m1/s1. The third kappa shape index (κ3) is 4.48. The molecule has 1 aliphatic heterocycles. The van der Waals surface area contributed by atoms with Crippen LogP contribution in [0, 0.1) is 13.8 Å². The highest BCUT2D eigenvalue weighted by Crippen LogP contribution is 2.23. The van der Waals surface area contributed by atoms with Gasteiger partial charge in [0.05, 0.1) is 18.0 Å². The fourth-order valence-corrected chi connectivity index (χ4v) is 4.01. The van der Waals surface area contributed by atoms with Gasteiger partial charge in [0.2, 0.25) is 15.9 Å². The van der Waals surface area contributed by atoms with E-state index >= 15 is 0 Å². The lowest BCUT2D eigenvalue weighted by Crippen LogP contribution is -2.49. The molecule has 0 bridgehead atoms. The summed E-state index contributed by atoms with van der Waals surface area (Å²) in [5.74, 6) is -0.325. The number of sulfonamides is 1. The van der Waals surface area contributed by atoms with Gasteiger partial charge in [-0.15, -0.1) is 0 Å². The monoisotopic (exact) mass is 354 g/mol. The van der Waals surface area contributed by atoms with E-state index < -0.39 is 16.1 Å². The molecule has 24 heavy (non-hydrogen) atoms. The van der Waals surface area contributed by atoms with Crippen molar-refractivity contribution in [2.24, 2.45) is 0 Å². The van der Waals surface area contributed by atoms with Gasteiger partial charge in [-0.2, -0.15) is 0 Å². The van der Waals surface area contributed by atoms with Crippen LogP contribution in [0.25, 0.3) is 0 Å². The highest BCUT2D eigenvalue weighted by atomic mass is 32.2. The molecule has 0 unspecified atom stereocenters. The Morgan fingerprint density at radius 3 is 2.62 bits per heavy atom. The zero-order valence-corrected chi connectivity index (χ0v) is 15.5. The normalized spacial score (nSPS) is 19.1. The van der Waals surface area contributed by atoms with Crippen molar-refractivity contribution in [3.05, 3.63) is 29.3 Å². The first-order valence-corrected chi connectivity index (χ1v) is 10.0. The van der Waals surface area contributed by atoms with E-state index in [0.29, 0.717) is 18.8 Å². The SMILES string of the molecule is Cc1ccc(N([C@H](C)C(=O)NC[C@@H]2CCCO2)S(C)(=O)=O)cc1C. The minimum atomic E-state index is -3.59. The Bertz CT molecular complexity index is 697. The second-order valence-electron chi connectivity index (χ2n) is 6.38. The molecule has 0 spiro atoms. The maximum Gasteiger partial charge on any atom is 0.243 e. The molecule has 0 saturated carbocycles. The minimum Gasteiger partial charge on any atom is -0.376 e. The first kappa shape index (κ1) is 18.7. The van der Waals surface area contributed by atoms with Crippen LogP contribution in [-0.4, -0.2) is 45.9 Å². The number of carbonyl (C=O) groups excluding carboxylic acids is 1. The molecule has 1 heterocycles. The summed E-state index contributed by atoms with van der Waals surface area (Å²) in [6.07, 6.45) is 3.05. The van der Waals surface area contributed by atoms with E-state index in [0.717, 1.165) is 30.2 Å². The molecule has 7 heteroatoms. The highest BCUT2D eigenvalue weighted by molar-refractivity contribution is 7.92. The molecule has 2 rings (SSSR count). The molecule has 1 aromatic rings. The Hall–Kier alpha value is -1.60. The van der Waals surface area contributed by atoms with Gasteiger partial charge in [0.25, 0.3) is 0 Å². The lowest BCUT2D eigenvalue weighted by atomic mass is 10.1. The molecule has 6 nitrogen and oxygen atoms in total. The molecular weight excluding hydrogens is 328 g/mol. The average Bonchev–Trinajstić information content (AvgIpc) is 3.00. The Morgan fingerprint density at radius 2 is 2.08 bits per heavy atom. The van der Waals surface area contributed by atoms with Crippen molar-refractivity contribution in [3.63, 3.8) is 0 Å². The molecule has 1 saturated heterocycles. The van der Waals surface area contributed by atoms with Gasteiger partial charge < -0.3 is 10.1 Å². The van der Waals surface area contributed by atoms with Crippen LogP contribution in [0.5, 0.6) is 0 Å². The first-order valence-electron chi connectivity index (χ1n) is 8.16.